The van der Waals surface area contributed by atoms with Crippen molar-refractivity contribution < 1.29 is 0 Å². The normalized spacial score (nSPS) is 9.80. The van der Waals surface area contributed by atoms with E-state index in [0.717, 1.165) is 18.8 Å². The molecule has 3 heteroatoms. The maximum Gasteiger partial charge on any atom is 0.147 e. The number of nitrogens with zero attached hydrogens (tertiary/aromatic N) is 2. The second kappa shape index (κ2) is 3.25. The lowest BCUT2D eigenvalue weighted by molar-refractivity contribution is 0.604. The summed E-state index contributed by atoms with van der Waals surface area (Å²) in [6, 6.07) is 1.97. The smallest absolute Gasteiger partial charge is 0.147 e. The van der Waals surface area contributed by atoms with Gasteiger partial charge in [-0.3, -0.25) is 4.68 Å². The van der Waals surface area contributed by atoms with E-state index in [-0.39, 0.29) is 0 Å². The topological polar surface area (TPSA) is 29.9 Å². The maximum absolute atomic E-state index is 4.22. The number of hydrogen-bond acceptors (Lipinski definition) is 2. The van der Waals surface area contributed by atoms with Crippen molar-refractivity contribution in [3.05, 3.63) is 12.3 Å². The van der Waals surface area contributed by atoms with Gasteiger partial charge in [-0.2, -0.15) is 5.10 Å². The number of rotatable bonds is 3. The van der Waals surface area contributed by atoms with Gasteiger partial charge in [0.2, 0.25) is 0 Å². The summed E-state index contributed by atoms with van der Waals surface area (Å²) in [5, 5.41) is 7.20. The molecule has 1 aromatic rings. The van der Waals surface area contributed by atoms with Crippen LogP contribution in [0.1, 0.15) is 13.3 Å². The van der Waals surface area contributed by atoms with E-state index in [2.05, 4.69) is 17.3 Å². The lowest BCUT2D eigenvalue weighted by Crippen LogP contribution is -1.98. The maximum atomic E-state index is 4.22. The molecule has 0 saturated carbocycles. The van der Waals surface area contributed by atoms with Gasteiger partial charge in [-0.15, -0.1) is 0 Å². The minimum absolute atomic E-state index is 0.938. The fourth-order valence-electron chi connectivity index (χ4n) is 0.849. The molecule has 1 aromatic heterocycles. The predicted molar refractivity (Wildman–Crippen MR) is 42.1 cm³/mol. The van der Waals surface area contributed by atoms with Crippen molar-refractivity contribution in [1.82, 2.24) is 9.78 Å². The van der Waals surface area contributed by atoms with E-state index >= 15 is 0 Å². The molecule has 0 amide bonds. The van der Waals surface area contributed by atoms with Gasteiger partial charge in [-0.1, -0.05) is 6.92 Å². The van der Waals surface area contributed by atoms with Crippen LogP contribution in [0.4, 0.5) is 5.82 Å². The first-order chi connectivity index (χ1) is 4.86. The Kier molecular flexibility index (Phi) is 2.31. The molecule has 3 nitrogen and oxygen atoms in total. The molecule has 0 aromatic carbocycles. The zero-order valence-corrected chi connectivity index (χ0v) is 6.46. The summed E-state index contributed by atoms with van der Waals surface area (Å²) in [6.07, 6.45) is 3.11. The summed E-state index contributed by atoms with van der Waals surface area (Å²) in [5.74, 6) is 0.938. The van der Waals surface area contributed by atoms with Crippen LogP contribution in [0.25, 0.3) is 0 Å². The fourth-order valence-corrected chi connectivity index (χ4v) is 0.849. The molecule has 0 bridgehead atoms. The van der Waals surface area contributed by atoms with Crippen LogP contribution in [0, 0.1) is 0 Å². The first-order valence-corrected chi connectivity index (χ1v) is 3.58. The van der Waals surface area contributed by atoms with Gasteiger partial charge in [-0.05, 0) is 6.42 Å². The van der Waals surface area contributed by atoms with Crippen LogP contribution in [0.3, 0.4) is 0 Å². The Morgan fingerprint density at radius 1 is 1.70 bits per heavy atom. The van der Waals surface area contributed by atoms with Gasteiger partial charge < -0.3 is 5.32 Å². The molecular formula is C7H13N3. The summed E-state index contributed by atoms with van der Waals surface area (Å²) >= 11 is 0. The Labute approximate surface area is 61.0 Å². The van der Waals surface area contributed by atoms with Crippen LogP contribution in [-0.4, -0.2) is 16.8 Å². The Balaban J connectivity index is 2.59. The molecule has 1 rings (SSSR count). The average Bonchev–Trinajstić information content (AvgIpc) is 2.37. The minimum atomic E-state index is 0.938. The molecule has 0 atom stereocenters. The van der Waals surface area contributed by atoms with Gasteiger partial charge in [0.25, 0.3) is 0 Å². The third-order valence-electron chi connectivity index (χ3n) is 1.35. The van der Waals surface area contributed by atoms with E-state index in [1.807, 2.05) is 24.0 Å². The Morgan fingerprint density at radius 3 is 3.00 bits per heavy atom. The lowest BCUT2D eigenvalue weighted by atomic mass is 10.5. The molecular weight excluding hydrogens is 126 g/mol. The highest BCUT2D eigenvalue weighted by atomic mass is 15.3. The predicted octanol–water partition coefficient (Wildman–Crippen LogP) is 1.33. The first kappa shape index (κ1) is 7.12. The van der Waals surface area contributed by atoms with Crippen LogP contribution in [0.15, 0.2) is 12.3 Å². The van der Waals surface area contributed by atoms with Crippen molar-refractivity contribution >= 4 is 5.82 Å². The number of aryl methyl sites for hydroxylation is 1. The monoisotopic (exact) mass is 139 g/mol. The van der Waals surface area contributed by atoms with E-state index < -0.39 is 0 Å². The third kappa shape index (κ3) is 1.50. The minimum Gasteiger partial charge on any atom is -0.372 e. The van der Waals surface area contributed by atoms with Gasteiger partial charge in [0.15, 0.2) is 0 Å². The van der Waals surface area contributed by atoms with Crippen molar-refractivity contribution in [1.29, 1.82) is 0 Å². The van der Waals surface area contributed by atoms with E-state index in [0.29, 0.717) is 0 Å². The highest BCUT2D eigenvalue weighted by Crippen LogP contribution is 2.00. The molecule has 0 aliphatic heterocycles. The highest BCUT2D eigenvalue weighted by molar-refractivity contribution is 5.30. The van der Waals surface area contributed by atoms with Gasteiger partial charge in [0.1, 0.15) is 5.82 Å². The number of hydrogen-bond donors (Lipinski definition) is 1. The highest BCUT2D eigenvalue weighted by Gasteiger charge is 1.92. The lowest BCUT2D eigenvalue weighted by Gasteiger charge is -1.95. The molecule has 0 aliphatic rings. The quantitative estimate of drug-likeness (QED) is 0.684. The van der Waals surface area contributed by atoms with E-state index in [1.165, 1.54) is 0 Å². The zero-order valence-electron chi connectivity index (χ0n) is 6.46. The molecule has 56 valence electrons. The molecule has 1 N–H and O–H groups in total. The Morgan fingerprint density at radius 2 is 2.50 bits per heavy atom. The SMILES string of the molecule is CCCn1ccc(NC)n1. The summed E-state index contributed by atoms with van der Waals surface area (Å²) in [4.78, 5) is 0. The van der Waals surface area contributed by atoms with Crippen molar-refractivity contribution in [2.24, 2.45) is 0 Å². The largest absolute Gasteiger partial charge is 0.372 e. The summed E-state index contributed by atoms with van der Waals surface area (Å²) in [7, 11) is 1.87. The van der Waals surface area contributed by atoms with Gasteiger partial charge >= 0.3 is 0 Å². The first-order valence-electron chi connectivity index (χ1n) is 3.58. The fraction of sp³-hybridized carbons (Fsp3) is 0.571. The summed E-state index contributed by atoms with van der Waals surface area (Å²) in [5.41, 5.74) is 0. The van der Waals surface area contributed by atoms with Gasteiger partial charge in [0, 0.05) is 25.9 Å². The Hall–Kier alpha value is -0.990. The second-order valence-electron chi connectivity index (χ2n) is 2.21. The number of aromatic nitrogens is 2. The Bertz CT molecular complexity index is 192. The van der Waals surface area contributed by atoms with Crippen LogP contribution in [0.2, 0.25) is 0 Å². The van der Waals surface area contributed by atoms with Crippen molar-refractivity contribution in [2.45, 2.75) is 19.9 Å². The molecule has 10 heavy (non-hydrogen) atoms. The van der Waals surface area contributed by atoms with E-state index in [1.54, 1.807) is 0 Å². The second-order valence-corrected chi connectivity index (χ2v) is 2.21. The van der Waals surface area contributed by atoms with Crippen molar-refractivity contribution in [2.75, 3.05) is 12.4 Å². The molecule has 1 heterocycles. The summed E-state index contributed by atoms with van der Waals surface area (Å²) in [6.45, 7) is 3.14. The van der Waals surface area contributed by atoms with Crippen molar-refractivity contribution in [3.63, 3.8) is 0 Å². The van der Waals surface area contributed by atoms with Crippen LogP contribution < -0.4 is 5.32 Å². The number of nitrogens with one attached hydrogen (secondary N) is 1. The molecule has 0 spiro atoms. The van der Waals surface area contributed by atoms with Crippen molar-refractivity contribution in [3.8, 4) is 0 Å². The van der Waals surface area contributed by atoms with Crippen LogP contribution in [0.5, 0.6) is 0 Å². The van der Waals surface area contributed by atoms with Crippen LogP contribution in [-0.2, 0) is 6.54 Å². The van der Waals surface area contributed by atoms with Crippen LogP contribution >= 0.6 is 0 Å². The summed E-state index contributed by atoms with van der Waals surface area (Å²) < 4.78 is 1.94. The van der Waals surface area contributed by atoms with Gasteiger partial charge in [0.05, 0.1) is 0 Å². The average molecular weight is 139 g/mol. The molecule has 0 aliphatic carbocycles. The molecule has 0 fully saturated rings. The molecule has 0 unspecified atom stereocenters. The standard InChI is InChI=1S/C7H13N3/c1-3-5-10-6-4-7(8-2)9-10/h4,6H,3,5H2,1-2H3,(H,8,9). The number of anilines is 1. The third-order valence-corrected chi connectivity index (χ3v) is 1.35. The molecule has 0 saturated heterocycles. The molecule has 0 radical (unpaired) electrons. The van der Waals surface area contributed by atoms with Gasteiger partial charge in [-0.25, -0.2) is 0 Å². The van der Waals surface area contributed by atoms with E-state index in [4.69, 9.17) is 0 Å². The zero-order chi connectivity index (χ0) is 7.40. The van der Waals surface area contributed by atoms with E-state index in [9.17, 15) is 0 Å².